The summed E-state index contributed by atoms with van der Waals surface area (Å²) in [7, 11) is 0. The molecule has 0 bridgehead atoms. The average molecular weight is 411 g/mol. The van der Waals surface area contributed by atoms with E-state index in [1.165, 1.54) is 12.1 Å². The van der Waals surface area contributed by atoms with Gasteiger partial charge in [-0.05, 0) is 23.3 Å². The van der Waals surface area contributed by atoms with Gasteiger partial charge >= 0.3 is 0 Å². The molecule has 0 saturated heterocycles. The Balaban J connectivity index is 1.92. The van der Waals surface area contributed by atoms with Crippen LogP contribution in [0.4, 0.5) is 22.7 Å². The van der Waals surface area contributed by atoms with E-state index < -0.39 is 9.85 Å². The Morgan fingerprint density at radius 3 is 1.26 bits per heavy atom. The lowest BCUT2D eigenvalue weighted by Crippen LogP contribution is -2.01. The monoisotopic (exact) mass is 411 g/mol. The Labute approximate surface area is 177 Å². The molecule has 0 aliphatic rings. The van der Waals surface area contributed by atoms with Crippen LogP contribution in [0.2, 0.25) is 0 Å². The molecule has 7 nitrogen and oxygen atoms in total. The third-order valence-corrected chi connectivity index (χ3v) is 4.87. The van der Waals surface area contributed by atoms with E-state index in [9.17, 15) is 20.2 Å². The van der Waals surface area contributed by atoms with Crippen molar-refractivity contribution in [2.24, 2.45) is 0 Å². The number of nitro groups is 2. The third kappa shape index (κ3) is 3.97. The number of nitrogens with zero attached hydrogens (tertiary/aromatic N) is 2. The predicted molar refractivity (Wildman–Crippen MR) is 120 cm³/mol. The van der Waals surface area contributed by atoms with Crippen molar-refractivity contribution in [1.29, 1.82) is 0 Å². The summed E-state index contributed by atoms with van der Waals surface area (Å²) in [6.45, 7) is 0. The van der Waals surface area contributed by atoms with Gasteiger partial charge in [0.2, 0.25) is 0 Å². The number of hydrogen-bond acceptors (Lipinski definition) is 5. The molecule has 0 atom stereocenters. The summed E-state index contributed by atoms with van der Waals surface area (Å²) < 4.78 is 0. The van der Waals surface area contributed by atoms with Crippen LogP contribution >= 0.6 is 0 Å². The van der Waals surface area contributed by atoms with Crippen LogP contribution in [0.1, 0.15) is 0 Å². The van der Waals surface area contributed by atoms with Gasteiger partial charge in [0.25, 0.3) is 11.4 Å². The highest BCUT2D eigenvalue weighted by atomic mass is 16.6. The Morgan fingerprint density at radius 1 is 0.516 bits per heavy atom. The second kappa shape index (κ2) is 8.46. The molecule has 0 unspecified atom stereocenters. The Kier molecular flexibility index (Phi) is 5.40. The van der Waals surface area contributed by atoms with Gasteiger partial charge in [0.1, 0.15) is 0 Å². The largest absolute Gasteiger partial charge is 0.354 e. The predicted octanol–water partition coefficient (Wildman–Crippen LogP) is 6.58. The molecule has 0 heterocycles. The number of hydrogen-bond donors (Lipinski definition) is 1. The van der Waals surface area contributed by atoms with E-state index in [2.05, 4.69) is 5.32 Å². The molecule has 0 saturated carbocycles. The first kappa shape index (κ1) is 19.8. The van der Waals surface area contributed by atoms with Crippen LogP contribution in [0.5, 0.6) is 0 Å². The topological polar surface area (TPSA) is 98.3 Å². The van der Waals surface area contributed by atoms with Gasteiger partial charge in [0.05, 0.1) is 32.3 Å². The highest BCUT2D eigenvalue weighted by Crippen LogP contribution is 2.42. The van der Waals surface area contributed by atoms with Crippen LogP contribution in [0.3, 0.4) is 0 Å². The van der Waals surface area contributed by atoms with Gasteiger partial charge in [-0.25, -0.2) is 0 Å². The summed E-state index contributed by atoms with van der Waals surface area (Å²) in [5.74, 6) is 0. The Morgan fingerprint density at radius 2 is 0.903 bits per heavy atom. The van der Waals surface area contributed by atoms with Gasteiger partial charge in [0.15, 0.2) is 0 Å². The first-order valence-electron chi connectivity index (χ1n) is 9.49. The van der Waals surface area contributed by atoms with Gasteiger partial charge < -0.3 is 5.32 Å². The molecule has 0 amide bonds. The van der Waals surface area contributed by atoms with Gasteiger partial charge in [0, 0.05) is 12.1 Å². The molecular formula is C24H17N3O4. The standard InChI is InChI=1S/C24H17N3O4/c28-26(29)21-15-7-13-19(23(21)17-9-3-1-4-10-17)25-20-14-8-16-22(27(30)31)24(20)18-11-5-2-6-12-18/h1-16,25H. The lowest BCUT2D eigenvalue weighted by molar-refractivity contribution is -0.384. The summed E-state index contributed by atoms with van der Waals surface area (Å²) in [5.41, 5.74) is 3.03. The minimum absolute atomic E-state index is 0.0529. The normalized spacial score (nSPS) is 10.5. The van der Waals surface area contributed by atoms with Crippen molar-refractivity contribution >= 4 is 22.7 Å². The van der Waals surface area contributed by atoms with E-state index in [-0.39, 0.29) is 11.4 Å². The lowest BCUT2D eigenvalue weighted by atomic mass is 9.99. The van der Waals surface area contributed by atoms with E-state index >= 15 is 0 Å². The van der Waals surface area contributed by atoms with Gasteiger partial charge in [-0.1, -0.05) is 72.8 Å². The Hall–Kier alpha value is -4.52. The van der Waals surface area contributed by atoms with Crippen molar-refractivity contribution in [1.82, 2.24) is 0 Å². The summed E-state index contributed by atoms with van der Waals surface area (Å²) in [6, 6.07) is 27.6. The van der Waals surface area contributed by atoms with Crippen LogP contribution in [0, 0.1) is 20.2 Å². The summed E-state index contributed by atoms with van der Waals surface area (Å²) >= 11 is 0. The minimum Gasteiger partial charge on any atom is -0.354 e. The fourth-order valence-electron chi connectivity index (χ4n) is 3.55. The van der Waals surface area contributed by atoms with Crippen LogP contribution in [-0.2, 0) is 0 Å². The fourth-order valence-corrected chi connectivity index (χ4v) is 3.55. The molecule has 4 aromatic carbocycles. The maximum Gasteiger partial charge on any atom is 0.279 e. The van der Waals surface area contributed by atoms with Crippen LogP contribution in [0.15, 0.2) is 97.1 Å². The van der Waals surface area contributed by atoms with Crippen molar-refractivity contribution in [2.75, 3.05) is 5.32 Å². The number of nitro benzene ring substituents is 2. The molecule has 0 fully saturated rings. The fraction of sp³-hybridized carbons (Fsp3) is 0. The molecule has 0 aliphatic carbocycles. The zero-order chi connectivity index (χ0) is 21.8. The molecule has 31 heavy (non-hydrogen) atoms. The smallest absolute Gasteiger partial charge is 0.279 e. The molecule has 152 valence electrons. The molecule has 0 aromatic heterocycles. The highest BCUT2D eigenvalue weighted by molar-refractivity contribution is 5.93. The highest BCUT2D eigenvalue weighted by Gasteiger charge is 2.23. The van der Waals surface area contributed by atoms with Crippen molar-refractivity contribution in [3.8, 4) is 22.3 Å². The van der Waals surface area contributed by atoms with Crippen LogP contribution < -0.4 is 5.32 Å². The SMILES string of the molecule is O=[N+]([O-])c1cccc(Nc2cccc([N+](=O)[O-])c2-c2ccccc2)c1-c1ccccc1. The number of nitrogens with one attached hydrogen (secondary N) is 1. The summed E-state index contributed by atoms with van der Waals surface area (Å²) in [6.07, 6.45) is 0. The maximum absolute atomic E-state index is 11.7. The maximum atomic E-state index is 11.7. The average Bonchev–Trinajstić information content (AvgIpc) is 2.80. The quantitative estimate of drug-likeness (QED) is 0.285. The molecular weight excluding hydrogens is 394 g/mol. The van der Waals surface area contributed by atoms with Crippen LogP contribution in [0.25, 0.3) is 22.3 Å². The molecule has 1 N–H and O–H groups in total. The van der Waals surface area contributed by atoms with Gasteiger partial charge in [-0.3, -0.25) is 20.2 Å². The van der Waals surface area contributed by atoms with Crippen molar-refractivity contribution in [3.05, 3.63) is 117 Å². The zero-order valence-electron chi connectivity index (χ0n) is 16.3. The Bertz CT molecular complexity index is 1160. The first-order valence-corrected chi connectivity index (χ1v) is 9.49. The molecule has 0 aliphatic heterocycles. The second-order valence-corrected chi connectivity index (χ2v) is 6.77. The summed E-state index contributed by atoms with van der Waals surface area (Å²) in [4.78, 5) is 22.6. The van der Waals surface area contributed by atoms with Gasteiger partial charge in [-0.15, -0.1) is 0 Å². The zero-order valence-corrected chi connectivity index (χ0v) is 16.3. The number of anilines is 2. The molecule has 0 radical (unpaired) electrons. The van der Waals surface area contributed by atoms with Crippen molar-refractivity contribution in [3.63, 3.8) is 0 Å². The molecule has 4 aromatic rings. The van der Waals surface area contributed by atoms with Crippen LogP contribution in [-0.4, -0.2) is 9.85 Å². The minimum atomic E-state index is -0.431. The van der Waals surface area contributed by atoms with E-state index in [1.807, 2.05) is 12.1 Å². The van der Waals surface area contributed by atoms with Gasteiger partial charge in [-0.2, -0.15) is 0 Å². The van der Waals surface area contributed by atoms with E-state index in [0.717, 1.165) is 0 Å². The lowest BCUT2D eigenvalue weighted by Gasteiger charge is -2.16. The molecule has 4 rings (SSSR count). The summed E-state index contributed by atoms with van der Waals surface area (Å²) in [5, 5.41) is 26.7. The van der Waals surface area contributed by atoms with E-state index in [4.69, 9.17) is 0 Å². The van der Waals surface area contributed by atoms with E-state index in [1.54, 1.807) is 72.8 Å². The molecule has 7 heteroatoms. The molecule has 0 spiro atoms. The number of rotatable bonds is 6. The first-order chi connectivity index (χ1) is 15.1. The van der Waals surface area contributed by atoms with Crippen molar-refractivity contribution in [2.45, 2.75) is 0 Å². The van der Waals surface area contributed by atoms with E-state index in [0.29, 0.717) is 33.6 Å². The van der Waals surface area contributed by atoms with Crippen molar-refractivity contribution < 1.29 is 9.85 Å². The number of benzene rings is 4. The second-order valence-electron chi connectivity index (χ2n) is 6.77. The third-order valence-electron chi connectivity index (χ3n) is 4.87.